The molecule has 7 nitrogen and oxygen atoms in total. The molecule has 4 aromatic carbocycles. The SMILES string of the molecule is O=C(O)c1ccc(C#Cc2ccccc2F)cc1.[2H]C([2H])(N)C1CCOCC1.[2H]C([2H])(NC(=O)c1ccc(C#Cc2ccccc2F)cc1)C1CCOCC1. The van der Waals surface area contributed by atoms with Gasteiger partial charge < -0.3 is 25.6 Å². The van der Waals surface area contributed by atoms with Gasteiger partial charge in [-0.1, -0.05) is 47.9 Å². The van der Waals surface area contributed by atoms with Crippen LogP contribution < -0.4 is 11.1 Å². The van der Waals surface area contributed by atoms with Gasteiger partial charge in [-0.05, 0) is 117 Å². The van der Waals surface area contributed by atoms with E-state index in [-0.39, 0.29) is 29.0 Å². The van der Waals surface area contributed by atoms with Crippen LogP contribution >= 0.6 is 0 Å². The van der Waals surface area contributed by atoms with Crippen LogP contribution in [0.1, 0.15) is 74.1 Å². The van der Waals surface area contributed by atoms with Crippen LogP contribution in [0.3, 0.4) is 0 Å². The minimum atomic E-state index is -1.79. The number of carbonyl (C=O) groups is 2. The number of rotatable bonds is 5. The maximum Gasteiger partial charge on any atom is 0.335 e. The molecule has 2 saturated heterocycles. The summed E-state index contributed by atoms with van der Waals surface area (Å²) >= 11 is 0. The van der Waals surface area contributed by atoms with E-state index in [1.165, 1.54) is 24.3 Å². The highest BCUT2D eigenvalue weighted by Crippen LogP contribution is 2.14. The smallest absolute Gasteiger partial charge is 0.335 e. The van der Waals surface area contributed by atoms with Gasteiger partial charge in [-0.15, -0.1) is 0 Å². The molecule has 0 spiro atoms. The lowest BCUT2D eigenvalue weighted by Gasteiger charge is -2.22. The van der Waals surface area contributed by atoms with Crippen molar-refractivity contribution in [3.8, 4) is 23.7 Å². The van der Waals surface area contributed by atoms with E-state index in [1.807, 2.05) is 0 Å². The Morgan fingerprint density at radius 3 is 1.53 bits per heavy atom. The first-order valence-electron chi connectivity index (χ1n) is 18.5. The number of carboxylic acid groups (broad SMARTS) is 1. The molecule has 0 unspecified atom stereocenters. The Morgan fingerprint density at radius 2 is 1.12 bits per heavy atom. The molecule has 2 aliphatic heterocycles. The molecule has 0 atom stereocenters. The third-order valence-electron chi connectivity index (χ3n) is 7.78. The Balaban J connectivity index is 0.000000205. The first kappa shape index (κ1) is 32.9. The summed E-state index contributed by atoms with van der Waals surface area (Å²) in [5.74, 6) is 8.63. The van der Waals surface area contributed by atoms with Crippen molar-refractivity contribution < 1.29 is 38.4 Å². The van der Waals surface area contributed by atoms with Crippen molar-refractivity contribution in [2.75, 3.05) is 39.4 Å². The molecule has 6 rings (SSSR count). The Morgan fingerprint density at radius 1 is 0.686 bits per heavy atom. The van der Waals surface area contributed by atoms with Gasteiger partial charge in [0.05, 0.1) is 16.7 Å². The first-order chi connectivity index (χ1) is 26.2. The van der Waals surface area contributed by atoms with Crippen molar-refractivity contribution in [3.05, 3.63) is 142 Å². The van der Waals surface area contributed by atoms with Crippen LogP contribution in [0, 0.1) is 47.2 Å². The highest BCUT2D eigenvalue weighted by atomic mass is 19.1. The second kappa shape index (κ2) is 21.0. The zero-order chi connectivity index (χ0) is 39.8. The Bertz CT molecular complexity index is 2010. The second-order valence-corrected chi connectivity index (χ2v) is 11.5. The summed E-state index contributed by atoms with van der Waals surface area (Å²) in [6.07, 6.45) is 2.67. The molecule has 9 heteroatoms. The molecule has 4 N–H and O–H groups in total. The topological polar surface area (TPSA) is 111 Å². The third-order valence-corrected chi connectivity index (χ3v) is 7.78. The molecular formula is C42H42F2N2O5. The van der Waals surface area contributed by atoms with Gasteiger partial charge in [0.2, 0.25) is 0 Å². The highest BCUT2D eigenvalue weighted by Gasteiger charge is 2.15. The number of benzene rings is 4. The van der Waals surface area contributed by atoms with Gasteiger partial charge in [0, 0.05) is 55.1 Å². The van der Waals surface area contributed by atoms with E-state index in [9.17, 15) is 18.4 Å². The molecule has 264 valence electrons. The molecule has 1 amide bonds. The highest BCUT2D eigenvalue weighted by molar-refractivity contribution is 5.94. The molecule has 4 aromatic rings. The van der Waals surface area contributed by atoms with Crippen molar-refractivity contribution in [1.29, 1.82) is 0 Å². The van der Waals surface area contributed by atoms with Gasteiger partial charge >= 0.3 is 5.97 Å². The fourth-order valence-electron chi connectivity index (χ4n) is 4.75. The molecule has 2 fully saturated rings. The van der Waals surface area contributed by atoms with Gasteiger partial charge in [-0.3, -0.25) is 4.79 Å². The fourth-order valence-corrected chi connectivity index (χ4v) is 4.75. The van der Waals surface area contributed by atoms with Crippen molar-refractivity contribution in [3.63, 3.8) is 0 Å². The number of hydrogen-bond acceptors (Lipinski definition) is 5. The predicted molar refractivity (Wildman–Crippen MR) is 193 cm³/mol. The summed E-state index contributed by atoms with van der Waals surface area (Å²) < 4.78 is 67.9. The van der Waals surface area contributed by atoms with Crippen molar-refractivity contribution in [2.24, 2.45) is 17.6 Å². The normalized spacial score (nSPS) is 15.8. The van der Waals surface area contributed by atoms with E-state index in [4.69, 9.17) is 25.8 Å². The zero-order valence-electron chi connectivity index (χ0n) is 32.0. The molecule has 0 saturated carbocycles. The summed E-state index contributed by atoms with van der Waals surface area (Å²) in [7, 11) is 0. The summed E-state index contributed by atoms with van der Waals surface area (Å²) in [5.41, 5.74) is 7.75. The van der Waals surface area contributed by atoms with Crippen LogP contribution in [-0.4, -0.2) is 56.4 Å². The minimum Gasteiger partial charge on any atom is -0.478 e. The van der Waals surface area contributed by atoms with Gasteiger partial charge in [0.15, 0.2) is 0 Å². The van der Waals surface area contributed by atoms with E-state index < -0.39 is 24.9 Å². The molecule has 0 aliphatic carbocycles. The van der Waals surface area contributed by atoms with Crippen LogP contribution in [0.4, 0.5) is 8.78 Å². The van der Waals surface area contributed by atoms with Crippen LogP contribution in [0.15, 0.2) is 97.1 Å². The summed E-state index contributed by atoms with van der Waals surface area (Å²) in [6.45, 7) is -0.971. The van der Waals surface area contributed by atoms with Gasteiger partial charge in [-0.2, -0.15) is 0 Å². The molecule has 2 heterocycles. The molecule has 0 bridgehead atoms. The lowest BCUT2D eigenvalue weighted by molar-refractivity contribution is 0.0642. The van der Waals surface area contributed by atoms with Crippen LogP contribution in [0.2, 0.25) is 0 Å². The summed E-state index contributed by atoms with van der Waals surface area (Å²) in [5, 5.41) is 11.2. The maximum absolute atomic E-state index is 13.6. The van der Waals surface area contributed by atoms with Gasteiger partial charge in [0.1, 0.15) is 11.6 Å². The minimum absolute atomic E-state index is 0.0127. The third kappa shape index (κ3) is 13.5. The largest absolute Gasteiger partial charge is 0.478 e. The van der Waals surface area contributed by atoms with E-state index in [0.717, 1.165) is 12.8 Å². The average Bonchev–Trinajstić information content (AvgIpc) is 3.18. The molecule has 0 radical (unpaired) electrons. The van der Waals surface area contributed by atoms with Crippen molar-refractivity contribution in [2.45, 2.75) is 25.7 Å². The van der Waals surface area contributed by atoms with Crippen LogP contribution in [-0.2, 0) is 9.47 Å². The molecule has 0 aromatic heterocycles. The number of hydrogen-bond donors (Lipinski definition) is 3. The molecular weight excluding hydrogens is 650 g/mol. The molecule has 2 aliphatic rings. The van der Waals surface area contributed by atoms with Crippen LogP contribution in [0.5, 0.6) is 0 Å². The number of amides is 1. The number of nitrogens with two attached hydrogens (primary N) is 1. The first-order valence-corrected chi connectivity index (χ1v) is 16.5. The quantitative estimate of drug-likeness (QED) is 0.201. The number of carboxylic acids is 1. The Hall–Kier alpha value is -5.32. The zero-order valence-corrected chi connectivity index (χ0v) is 28.0. The number of nitrogens with one attached hydrogen (secondary N) is 1. The van der Waals surface area contributed by atoms with E-state index in [1.54, 1.807) is 72.8 Å². The number of aromatic carboxylic acids is 1. The van der Waals surface area contributed by atoms with E-state index in [2.05, 4.69) is 29.0 Å². The number of carbonyl (C=O) groups excluding carboxylic acids is 1. The van der Waals surface area contributed by atoms with Crippen molar-refractivity contribution in [1.82, 2.24) is 5.32 Å². The standard InChI is InChI=1S/C21H20FNO2.C15H9FO2.C6H13NO/c22-20-4-2-1-3-18(20)8-5-16-6-9-19(10-7-16)21(24)23-15-17-11-13-25-14-12-17;16-14-4-2-1-3-12(14)8-5-11-6-9-13(10-7-11)15(17)18;7-5-6-1-3-8-4-2-6/h1-4,6-7,9-10,17H,11-15H2,(H,23,24);1-4,6-7,9-10H,(H,17,18);6H,1-5,7H2/i15D2;;5D2. The monoisotopic (exact) mass is 696 g/mol. The Kier molecular flexibility index (Phi) is 13.5. The van der Waals surface area contributed by atoms with Gasteiger partial charge in [-0.25, -0.2) is 13.6 Å². The Labute approximate surface area is 303 Å². The number of halogens is 2. The summed E-state index contributed by atoms with van der Waals surface area (Å²) in [4.78, 5) is 23.0. The second-order valence-electron chi connectivity index (χ2n) is 11.5. The van der Waals surface area contributed by atoms with Gasteiger partial charge in [0.25, 0.3) is 5.91 Å². The maximum atomic E-state index is 13.6. The average molecular weight is 697 g/mol. The lowest BCUT2D eigenvalue weighted by atomic mass is 10.0. The number of ether oxygens (including phenoxy) is 2. The summed E-state index contributed by atoms with van der Waals surface area (Å²) in [6, 6.07) is 25.1. The predicted octanol–water partition coefficient (Wildman–Crippen LogP) is 6.68. The van der Waals surface area contributed by atoms with Crippen LogP contribution in [0.25, 0.3) is 0 Å². The molecule has 51 heavy (non-hydrogen) atoms. The fraction of sp³-hybridized carbons (Fsp3) is 0.286. The van der Waals surface area contributed by atoms with Crippen molar-refractivity contribution >= 4 is 11.9 Å². The van der Waals surface area contributed by atoms with E-state index in [0.29, 0.717) is 67.1 Å². The van der Waals surface area contributed by atoms with E-state index >= 15 is 0 Å². The lowest BCUT2D eigenvalue weighted by Crippen LogP contribution is -2.32.